The fraction of sp³-hybridized carbons (Fsp3) is 1.00. The molecule has 0 saturated carbocycles. The summed E-state index contributed by atoms with van der Waals surface area (Å²) in [6.07, 6.45) is -19.2. The van der Waals surface area contributed by atoms with Crippen LogP contribution in [0.3, 0.4) is 0 Å². The maximum absolute atomic E-state index is 13.4. The van der Waals surface area contributed by atoms with Crippen LogP contribution in [0.2, 0.25) is 0 Å². The zero-order valence-corrected chi connectivity index (χ0v) is 18.3. The normalized spacial score (nSPS) is 19.8. The van der Waals surface area contributed by atoms with E-state index in [1.807, 2.05) is 0 Å². The second-order valence-corrected chi connectivity index (χ2v) is 12.0. The minimum atomic E-state index is -13.1. The number of hydrogen-bond donors (Lipinski definition) is 0. The molecule has 1 heterocycles. The van der Waals surface area contributed by atoms with Crippen LogP contribution < -0.4 is 0 Å². The summed E-state index contributed by atoms with van der Waals surface area (Å²) in [5, 5.41) is 0. The molecule has 1 aliphatic heterocycles. The van der Waals surface area contributed by atoms with Gasteiger partial charge in [0, 0.05) is 12.8 Å². The molecule has 0 spiro atoms. The van der Waals surface area contributed by atoms with Gasteiger partial charge in [0.25, 0.3) is 0 Å². The Morgan fingerprint density at radius 1 is 0.588 bits per heavy atom. The van der Waals surface area contributed by atoms with Gasteiger partial charge in [-0.2, -0.15) is 0 Å². The van der Waals surface area contributed by atoms with E-state index in [1.54, 1.807) is 0 Å². The monoisotopic (exact) mass is 569 g/mol. The Balaban J connectivity index is 0.000000896. The molecule has 0 aromatic carbocycles. The fourth-order valence-corrected chi connectivity index (χ4v) is 5.88. The molecule has 210 valence electrons. The van der Waals surface area contributed by atoms with Gasteiger partial charge in [-0.25, -0.2) is 0 Å². The van der Waals surface area contributed by atoms with Crippen molar-refractivity contribution in [2.75, 3.05) is 26.7 Å². The number of hydrogen-bond acceptors (Lipinski definition) is 0. The zero-order valence-electron chi connectivity index (χ0n) is 17.3. The van der Waals surface area contributed by atoms with Crippen LogP contribution in [0.4, 0.5) is 74.3 Å². The molecule has 0 bridgehead atoms. The van der Waals surface area contributed by atoms with E-state index in [0.717, 1.165) is 0 Å². The first-order valence-corrected chi connectivity index (χ1v) is 11.6. The van der Waals surface area contributed by atoms with E-state index < -0.39 is 42.7 Å². The number of alkyl halides is 15. The van der Waals surface area contributed by atoms with Gasteiger partial charge in [-0.05, 0) is 6.42 Å². The molecule has 1 saturated heterocycles. The van der Waals surface area contributed by atoms with E-state index in [9.17, 15) is 74.3 Å². The summed E-state index contributed by atoms with van der Waals surface area (Å²) in [6, 6.07) is 0. The molecule has 1 nitrogen and oxygen atoms in total. The molecule has 34 heavy (non-hydrogen) atoms. The van der Waals surface area contributed by atoms with Crippen LogP contribution >= 0.6 is 7.22 Å². The summed E-state index contributed by atoms with van der Waals surface area (Å²) < 4.78 is 210. The Labute approximate surface area is 182 Å². The Hall–Kier alpha value is -0.800. The van der Waals surface area contributed by atoms with E-state index in [-0.39, 0.29) is 0 Å². The minimum absolute atomic E-state index is 1.36. The van der Waals surface area contributed by atoms with Crippen LogP contribution in [0.15, 0.2) is 0 Å². The van der Waals surface area contributed by atoms with Crippen LogP contribution in [0, 0.1) is 0 Å². The number of nitrogens with zero attached hydrogens (tertiary/aromatic N) is 1. The third kappa shape index (κ3) is 4.90. The fourth-order valence-electron chi connectivity index (χ4n) is 3.20. The third-order valence-electron chi connectivity index (χ3n) is 5.42. The van der Waals surface area contributed by atoms with Gasteiger partial charge >= 0.3 is 117 Å². The van der Waals surface area contributed by atoms with Crippen molar-refractivity contribution in [1.82, 2.24) is 0 Å². The van der Waals surface area contributed by atoms with Crippen LogP contribution in [-0.2, 0) is 0 Å². The number of likely N-dealkylation sites (tertiary alicyclic amines) is 1. The summed E-state index contributed by atoms with van der Waals surface area (Å²) in [7, 11) is -10.7. The van der Waals surface area contributed by atoms with E-state index in [1.165, 1.54) is 49.8 Å². The van der Waals surface area contributed by atoms with Gasteiger partial charge in [0.2, 0.25) is 0 Å². The summed E-state index contributed by atoms with van der Waals surface area (Å²) in [4.78, 5) is 0. The van der Waals surface area contributed by atoms with Crippen LogP contribution in [0.1, 0.15) is 32.6 Å². The predicted octanol–water partition coefficient (Wildman–Crippen LogP) is 8.53. The first kappa shape index (κ1) is 33.2. The van der Waals surface area contributed by atoms with Gasteiger partial charge in [0.05, 0.1) is 26.7 Å². The molecule has 0 aliphatic carbocycles. The molecular formula is C15H21F17NP. The molecule has 0 atom stereocenters. The van der Waals surface area contributed by atoms with E-state index in [4.69, 9.17) is 0 Å². The van der Waals surface area contributed by atoms with Crippen LogP contribution in [-0.4, -0.2) is 66.7 Å². The first-order valence-electron chi connectivity index (χ1n) is 9.32. The average molecular weight is 569 g/mol. The van der Waals surface area contributed by atoms with Crippen molar-refractivity contribution in [2.24, 2.45) is 0 Å². The summed E-state index contributed by atoms with van der Waals surface area (Å²) in [5.41, 5.74) is -27.0. The van der Waals surface area contributed by atoms with Crippen molar-refractivity contribution >= 4 is 7.22 Å². The molecule has 1 aliphatic rings. The SMILES string of the molecule is CCCC[N+]1(C)CCCC1.FC(F)(F)C(F)(F)[PH-](F)(F)(C(F)(F)C(F)(F)F)C(F)(F)C(F)(F)F. The van der Waals surface area contributed by atoms with Gasteiger partial charge < -0.3 is 4.48 Å². The first-order chi connectivity index (χ1) is 14.6. The van der Waals surface area contributed by atoms with E-state index >= 15 is 0 Å². The molecule has 0 N–H and O–H groups in total. The molecular weight excluding hydrogens is 548 g/mol. The van der Waals surface area contributed by atoms with Crippen molar-refractivity contribution in [1.29, 1.82) is 0 Å². The maximum atomic E-state index is 13.4. The molecule has 0 aromatic heterocycles. The Bertz CT molecular complexity index is 613. The van der Waals surface area contributed by atoms with Gasteiger partial charge in [0.15, 0.2) is 0 Å². The van der Waals surface area contributed by atoms with Crippen molar-refractivity contribution in [3.05, 3.63) is 0 Å². The summed E-state index contributed by atoms with van der Waals surface area (Å²) in [5.74, 6) is 0. The van der Waals surface area contributed by atoms with Crippen LogP contribution in [0.25, 0.3) is 0 Å². The topological polar surface area (TPSA) is 0 Å². The molecule has 1 fully saturated rings. The van der Waals surface area contributed by atoms with Crippen molar-refractivity contribution < 1.29 is 78.7 Å². The Kier molecular flexibility index (Phi) is 9.04. The van der Waals surface area contributed by atoms with E-state index in [0.29, 0.717) is 0 Å². The van der Waals surface area contributed by atoms with Gasteiger partial charge in [0.1, 0.15) is 0 Å². The molecule has 1 rings (SSSR count). The molecule has 0 aromatic rings. The average Bonchev–Trinajstić information content (AvgIpc) is 3.04. The van der Waals surface area contributed by atoms with Crippen molar-refractivity contribution in [3.63, 3.8) is 0 Å². The van der Waals surface area contributed by atoms with Crippen molar-refractivity contribution in [3.8, 4) is 0 Å². The molecule has 0 radical (unpaired) electrons. The molecule has 19 heteroatoms. The number of rotatable bonds is 6. The zero-order chi connectivity index (χ0) is 27.9. The Morgan fingerprint density at radius 3 is 1.06 bits per heavy atom. The standard InChI is InChI=1S/C9H20N.C6HF17P/c1-3-4-7-10(2)8-5-6-9-10;7-1(8,9)4(16,17)24(22,23,5(18,19)2(10,11)12)6(20,21)3(13,14)15/h3-9H2,1-2H3;24H/q+1;-1. The van der Waals surface area contributed by atoms with Gasteiger partial charge in [-0.3, -0.25) is 0 Å². The summed E-state index contributed by atoms with van der Waals surface area (Å²) >= 11 is 0. The number of unbranched alkanes of at least 4 members (excludes halogenated alkanes) is 1. The van der Waals surface area contributed by atoms with Gasteiger partial charge in [-0.1, -0.05) is 13.3 Å². The summed E-state index contributed by atoms with van der Waals surface area (Å²) in [6.45, 7) is 6.55. The second-order valence-electron chi connectivity index (χ2n) is 8.08. The van der Waals surface area contributed by atoms with Crippen LogP contribution in [0.5, 0.6) is 0 Å². The quantitative estimate of drug-likeness (QED) is 0.171. The number of quaternary nitrogens is 1. The third-order valence-corrected chi connectivity index (χ3v) is 9.58. The Morgan fingerprint density at radius 2 is 0.853 bits per heavy atom. The molecule has 0 unspecified atom stereocenters. The number of halogens is 17. The van der Waals surface area contributed by atoms with Gasteiger partial charge in [-0.15, -0.1) is 0 Å². The van der Waals surface area contributed by atoms with E-state index in [2.05, 4.69) is 14.0 Å². The predicted molar refractivity (Wildman–Crippen MR) is 88.5 cm³/mol. The second kappa shape index (κ2) is 9.25. The molecule has 0 amide bonds. The van der Waals surface area contributed by atoms with Crippen molar-refractivity contribution in [2.45, 2.75) is 68.1 Å².